The van der Waals surface area contributed by atoms with Crippen LogP contribution in [0.2, 0.25) is 0 Å². The molecule has 3 rings (SSSR count). The van der Waals surface area contributed by atoms with Crippen LogP contribution in [0.25, 0.3) is 5.65 Å². The first-order valence-electron chi connectivity index (χ1n) is 8.11. The van der Waals surface area contributed by atoms with E-state index in [0.717, 1.165) is 35.8 Å². The predicted molar refractivity (Wildman–Crippen MR) is 97.4 cm³/mol. The second-order valence-corrected chi connectivity index (χ2v) is 6.44. The van der Waals surface area contributed by atoms with Crippen LogP contribution in [0.3, 0.4) is 0 Å². The normalized spacial score (nSPS) is 11.0. The minimum atomic E-state index is -0.0265. The van der Waals surface area contributed by atoms with Crippen molar-refractivity contribution in [2.75, 3.05) is 18.6 Å². The number of pyridine rings is 1. The molecule has 0 spiro atoms. The van der Waals surface area contributed by atoms with Crippen LogP contribution in [0.5, 0.6) is 5.75 Å². The lowest BCUT2D eigenvalue weighted by atomic mass is 10.3. The van der Waals surface area contributed by atoms with Gasteiger partial charge in [-0.05, 0) is 36.4 Å². The quantitative estimate of drug-likeness (QED) is 0.679. The molecule has 6 heteroatoms. The first-order chi connectivity index (χ1) is 11.7. The fourth-order valence-corrected chi connectivity index (χ4v) is 3.35. The first-order valence-corrected chi connectivity index (χ1v) is 8.99. The van der Waals surface area contributed by atoms with Gasteiger partial charge < -0.3 is 4.74 Å². The van der Waals surface area contributed by atoms with Crippen molar-refractivity contribution < 1.29 is 9.53 Å². The summed E-state index contributed by atoms with van der Waals surface area (Å²) in [6.45, 7) is 4.76. The molecular weight excluding hydrogens is 322 g/mol. The zero-order valence-electron chi connectivity index (χ0n) is 14.2. The third-order valence-electron chi connectivity index (χ3n) is 3.81. The monoisotopic (exact) mass is 343 g/mol. The topological polar surface area (TPSA) is 46.8 Å². The number of rotatable bonds is 6. The maximum absolute atomic E-state index is 12.7. The van der Waals surface area contributed by atoms with E-state index in [2.05, 4.69) is 6.92 Å². The van der Waals surface area contributed by atoms with E-state index in [1.54, 1.807) is 11.9 Å². The van der Waals surface area contributed by atoms with Gasteiger partial charge in [0.15, 0.2) is 11.4 Å². The van der Waals surface area contributed by atoms with Gasteiger partial charge >= 0.3 is 0 Å². The molecule has 3 aromatic rings. The number of fused-ring (bicyclic) bond motifs is 1. The Balaban J connectivity index is 2.08. The molecule has 0 aliphatic carbocycles. The number of thiophene rings is 1. The number of ether oxygens (including phenoxy) is 1. The SMILES string of the molecule is CCCOc1cccn2c(N(C)C(=O)c3cccs3)c(CC)nc12. The largest absolute Gasteiger partial charge is 0.490 e. The lowest BCUT2D eigenvalue weighted by Crippen LogP contribution is -2.27. The highest BCUT2D eigenvalue weighted by Crippen LogP contribution is 2.29. The highest BCUT2D eigenvalue weighted by Gasteiger charge is 2.23. The number of hydrogen-bond acceptors (Lipinski definition) is 4. The average molecular weight is 343 g/mol. The van der Waals surface area contributed by atoms with Crippen molar-refractivity contribution in [1.82, 2.24) is 9.38 Å². The van der Waals surface area contributed by atoms with Crippen LogP contribution in [-0.2, 0) is 6.42 Å². The summed E-state index contributed by atoms with van der Waals surface area (Å²) in [5, 5.41) is 1.91. The number of anilines is 1. The van der Waals surface area contributed by atoms with Gasteiger partial charge in [0.25, 0.3) is 5.91 Å². The average Bonchev–Trinajstić information content (AvgIpc) is 3.25. The number of aryl methyl sites for hydroxylation is 1. The van der Waals surface area contributed by atoms with Gasteiger partial charge in [-0.25, -0.2) is 4.98 Å². The summed E-state index contributed by atoms with van der Waals surface area (Å²) in [7, 11) is 1.80. The number of amides is 1. The van der Waals surface area contributed by atoms with E-state index in [1.165, 1.54) is 11.3 Å². The molecule has 0 saturated heterocycles. The molecule has 0 aromatic carbocycles. The Bertz CT molecular complexity index is 839. The second-order valence-electron chi connectivity index (χ2n) is 5.49. The summed E-state index contributed by atoms with van der Waals surface area (Å²) in [5.41, 5.74) is 1.64. The van der Waals surface area contributed by atoms with E-state index in [4.69, 9.17) is 9.72 Å². The molecule has 0 aliphatic rings. The molecule has 126 valence electrons. The van der Waals surface area contributed by atoms with Crippen molar-refractivity contribution >= 4 is 28.7 Å². The van der Waals surface area contributed by atoms with E-state index in [9.17, 15) is 4.79 Å². The molecule has 0 aliphatic heterocycles. The number of nitrogens with zero attached hydrogens (tertiary/aromatic N) is 3. The van der Waals surface area contributed by atoms with E-state index in [0.29, 0.717) is 11.5 Å². The second kappa shape index (κ2) is 7.05. The van der Waals surface area contributed by atoms with Crippen LogP contribution >= 0.6 is 11.3 Å². The van der Waals surface area contributed by atoms with E-state index in [-0.39, 0.29) is 5.91 Å². The molecule has 0 fully saturated rings. The van der Waals surface area contributed by atoms with Crippen molar-refractivity contribution in [1.29, 1.82) is 0 Å². The van der Waals surface area contributed by atoms with Gasteiger partial charge in [0.05, 0.1) is 17.2 Å². The van der Waals surface area contributed by atoms with Crippen molar-refractivity contribution in [2.24, 2.45) is 0 Å². The van der Waals surface area contributed by atoms with Crippen molar-refractivity contribution in [3.63, 3.8) is 0 Å². The molecule has 0 saturated carbocycles. The number of carbonyl (C=O) groups is 1. The van der Waals surface area contributed by atoms with Gasteiger partial charge in [-0.2, -0.15) is 0 Å². The summed E-state index contributed by atoms with van der Waals surface area (Å²) in [5.74, 6) is 1.52. The number of aromatic nitrogens is 2. The Hall–Kier alpha value is -2.34. The summed E-state index contributed by atoms with van der Waals surface area (Å²) in [6, 6.07) is 7.57. The molecule has 0 bridgehead atoms. The van der Waals surface area contributed by atoms with Gasteiger partial charge in [-0.1, -0.05) is 19.9 Å². The minimum absolute atomic E-state index is 0.0265. The van der Waals surface area contributed by atoms with Gasteiger partial charge in [0, 0.05) is 13.2 Å². The third kappa shape index (κ3) is 2.89. The highest BCUT2D eigenvalue weighted by molar-refractivity contribution is 7.12. The number of carbonyl (C=O) groups excluding carboxylic acids is 1. The predicted octanol–water partition coefficient (Wildman–Crippen LogP) is 4.02. The Morgan fingerprint density at radius 2 is 2.17 bits per heavy atom. The Morgan fingerprint density at radius 3 is 2.83 bits per heavy atom. The highest BCUT2D eigenvalue weighted by atomic mass is 32.1. The molecular formula is C18H21N3O2S. The van der Waals surface area contributed by atoms with Crippen molar-refractivity contribution in [3.05, 3.63) is 46.4 Å². The van der Waals surface area contributed by atoms with Gasteiger partial charge in [0.1, 0.15) is 5.82 Å². The molecule has 3 heterocycles. The summed E-state index contributed by atoms with van der Waals surface area (Å²) >= 11 is 1.44. The van der Waals surface area contributed by atoms with Crippen LogP contribution in [0.4, 0.5) is 5.82 Å². The zero-order valence-corrected chi connectivity index (χ0v) is 15.0. The summed E-state index contributed by atoms with van der Waals surface area (Å²) < 4.78 is 7.75. The minimum Gasteiger partial charge on any atom is -0.490 e. The van der Waals surface area contributed by atoms with Gasteiger partial charge in [-0.3, -0.25) is 14.1 Å². The van der Waals surface area contributed by atoms with Gasteiger partial charge in [-0.15, -0.1) is 11.3 Å². The summed E-state index contributed by atoms with van der Waals surface area (Å²) in [4.78, 5) is 19.8. The van der Waals surface area contributed by atoms with E-state index < -0.39 is 0 Å². The molecule has 0 radical (unpaired) electrons. The van der Waals surface area contributed by atoms with Crippen LogP contribution in [0, 0.1) is 0 Å². The van der Waals surface area contributed by atoms with Crippen LogP contribution < -0.4 is 9.64 Å². The van der Waals surface area contributed by atoms with E-state index in [1.807, 2.05) is 47.2 Å². The summed E-state index contributed by atoms with van der Waals surface area (Å²) in [6.07, 6.45) is 3.60. The molecule has 24 heavy (non-hydrogen) atoms. The van der Waals surface area contributed by atoms with Crippen LogP contribution in [0.15, 0.2) is 35.8 Å². The van der Waals surface area contributed by atoms with Gasteiger partial charge in [0.2, 0.25) is 0 Å². The van der Waals surface area contributed by atoms with Crippen molar-refractivity contribution in [3.8, 4) is 5.75 Å². The Kier molecular flexibility index (Phi) is 4.85. The number of imidazole rings is 1. The Morgan fingerprint density at radius 1 is 1.33 bits per heavy atom. The molecule has 5 nitrogen and oxygen atoms in total. The maximum atomic E-state index is 12.7. The molecule has 0 atom stereocenters. The molecule has 0 N–H and O–H groups in total. The maximum Gasteiger partial charge on any atom is 0.269 e. The molecule has 0 unspecified atom stereocenters. The van der Waals surface area contributed by atoms with E-state index >= 15 is 0 Å². The lowest BCUT2D eigenvalue weighted by Gasteiger charge is -2.17. The first kappa shape index (κ1) is 16.5. The molecule has 3 aromatic heterocycles. The Labute approximate surface area is 145 Å². The fourth-order valence-electron chi connectivity index (χ4n) is 2.66. The third-order valence-corrected chi connectivity index (χ3v) is 4.67. The van der Waals surface area contributed by atoms with Crippen LogP contribution in [-0.4, -0.2) is 28.9 Å². The smallest absolute Gasteiger partial charge is 0.269 e. The fraction of sp³-hybridized carbons (Fsp3) is 0.333. The molecule has 1 amide bonds. The van der Waals surface area contributed by atoms with Crippen LogP contribution in [0.1, 0.15) is 35.6 Å². The lowest BCUT2D eigenvalue weighted by molar-refractivity contribution is 0.0996. The van der Waals surface area contributed by atoms with Crippen molar-refractivity contribution in [2.45, 2.75) is 26.7 Å². The zero-order chi connectivity index (χ0) is 17.1. The number of hydrogen-bond donors (Lipinski definition) is 0. The standard InChI is InChI=1S/C18H21N3O2S/c1-4-11-23-14-8-6-10-21-16(14)19-13(5-2)17(21)20(3)18(22)15-9-7-12-24-15/h6-10,12H,4-5,11H2,1-3H3.